The summed E-state index contributed by atoms with van der Waals surface area (Å²) >= 11 is 0. The molecule has 1 aromatic heterocycles. The molecule has 8 heteroatoms. The van der Waals surface area contributed by atoms with Gasteiger partial charge in [-0.15, -0.1) is 5.10 Å². The highest BCUT2D eigenvalue weighted by atomic mass is 16.5. The molecule has 0 saturated heterocycles. The minimum Gasteiger partial charge on any atom is -0.465 e. The van der Waals surface area contributed by atoms with Crippen LogP contribution < -0.4 is 10.7 Å². The van der Waals surface area contributed by atoms with Gasteiger partial charge in [0.15, 0.2) is 0 Å². The largest absolute Gasteiger partial charge is 0.465 e. The third-order valence-corrected chi connectivity index (χ3v) is 6.72. The van der Waals surface area contributed by atoms with Crippen LogP contribution >= 0.6 is 0 Å². The first-order valence-corrected chi connectivity index (χ1v) is 12.9. The first-order chi connectivity index (χ1) is 18.5. The molecule has 38 heavy (non-hydrogen) atoms. The summed E-state index contributed by atoms with van der Waals surface area (Å²) in [6.07, 6.45) is 0.892. The van der Waals surface area contributed by atoms with Gasteiger partial charge in [0.05, 0.1) is 24.6 Å². The monoisotopic (exact) mass is 509 g/mol. The molecule has 5 rings (SSSR count). The molecule has 1 atom stereocenters. The van der Waals surface area contributed by atoms with Crippen LogP contribution in [0.25, 0.3) is 5.69 Å². The minimum atomic E-state index is -0.502. The van der Waals surface area contributed by atoms with Gasteiger partial charge in [-0.1, -0.05) is 79.2 Å². The van der Waals surface area contributed by atoms with Crippen molar-refractivity contribution in [2.45, 2.75) is 39.7 Å². The van der Waals surface area contributed by atoms with E-state index in [4.69, 9.17) is 9.84 Å². The number of hydrogen-bond acceptors (Lipinski definition) is 6. The molecule has 0 unspecified atom stereocenters. The first-order valence-electron chi connectivity index (χ1n) is 12.9. The third-order valence-electron chi connectivity index (χ3n) is 6.72. The third kappa shape index (κ3) is 5.02. The molecule has 0 radical (unpaired) electrons. The van der Waals surface area contributed by atoms with Gasteiger partial charge in [-0.3, -0.25) is 4.79 Å². The lowest BCUT2D eigenvalue weighted by Crippen LogP contribution is -2.30. The van der Waals surface area contributed by atoms with E-state index in [1.165, 1.54) is 9.25 Å². The molecule has 0 amide bonds. The van der Waals surface area contributed by atoms with Crippen LogP contribution in [0.2, 0.25) is 0 Å². The highest BCUT2D eigenvalue weighted by Crippen LogP contribution is 2.31. The van der Waals surface area contributed by atoms with Crippen molar-refractivity contribution < 1.29 is 9.53 Å². The van der Waals surface area contributed by atoms with Gasteiger partial charge in [0.1, 0.15) is 6.54 Å². The number of carbonyl (C=O) groups is 1. The molecule has 0 spiro atoms. The lowest BCUT2D eigenvalue weighted by Gasteiger charge is -2.16. The smallest absolute Gasteiger partial charge is 0.352 e. The van der Waals surface area contributed by atoms with Gasteiger partial charge in [-0.05, 0) is 49.1 Å². The van der Waals surface area contributed by atoms with E-state index >= 15 is 0 Å². The molecule has 0 N–H and O–H groups in total. The fraction of sp³-hybridized carbons (Fsp3) is 0.267. The van der Waals surface area contributed by atoms with Gasteiger partial charge in [0.25, 0.3) is 0 Å². The second-order valence-electron chi connectivity index (χ2n) is 9.30. The number of aromatic nitrogens is 3. The SMILES string of the molecule is CCOC(=O)Cn1c(N2C[C@@H](c3ccccc3)C(c3ccc(C)cc3)=N2)nn(-c2ccc(CC)cc2)c1=O. The van der Waals surface area contributed by atoms with Crippen LogP contribution in [0.15, 0.2) is 88.8 Å². The number of esters is 1. The van der Waals surface area contributed by atoms with Gasteiger partial charge in [0.2, 0.25) is 5.95 Å². The predicted octanol–water partition coefficient (Wildman–Crippen LogP) is 4.48. The van der Waals surface area contributed by atoms with Crippen LogP contribution in [-0.2, 0) is 22.5 Å². The van der Waals surface area contributed by atoms with Gasteiger partial charge in [-0.2, -0.15) is 9.78 Å². The fourth-order valence-electron chi connectivity index (χ4n) is 4.65. The summed E-state index contributed by atoms with van der Waals surface area (Å²) in [7, 11) is 0. The summed E-state index contributed by atoms with van der Waals surface area (Å²) in [5.74, 6) is -0.247. The highest BCUT2D eigenvalue weighted by molar-refractivity contribution is 6.07. The Labute approximate surface area is 221 Å². The molecule has 1 aliphatic heterocycles. The Kier molecular flexibility index (Phi) is 7.22. The molecule has 0 saturated carbocycles. The summed E-state index contributed by atoms with van der Waals surface area (Å²) in [5, 5.41) is 11.4. The number of rotatable bonds is 8. The number of nitrogens with zero attached hydrogens (tertiary/aromatic N) is 5. The minimum absolute atomic E-state index is 0.0426. The van der Waals surface area contributed by atoms with Crippen molar-refractivity contribution in [3.8, 4) is 5.69 Å². The van der Waals surface area contributed by atoms with Crippen LogP contribution in [0.3, 0.4) is 0 Å². The average Bonchev–Trinajstić information content (AvgIpc) is 3.52. The maximum absolute atomic E-state index is 13.6. The van der Waals surface area contributed by atoms with Crippen LogP contribution in [0, 0.1) is 6.92 Å². The lowest BCUT2D eigenvalue weighted by molar-refractivity contribution is -0.143. The van der Waals surface area contributed by atoms with Crippen molar-refractivity contribution in [2.24, 2.45) is 5.10 Å². The van der Waals surface area contributed by atoms with E-state index in [1.807, 2.05) is 42.5 Å². The van der Waals surface area contributed by atoms with E-state index in [1.54, 1.807) is 11.9 Å². The zero-order valence-electron chi connectivity index (χ0n) is 21.9. The molecule has 194 valence electrons. The van der Waals surface area contributed by atoms with Crippen LogP contribution in [0.1, 0.15) is 42.0 Å². The maximum atomic E-state index is 13.6. The van der Waals surface area contributed by atoms with Crippen LogP contribution in [-0.4, -0.2) is 39.2 Å². The first kappa shape index (κ1) is 25.2. The Bertz CT molecular complexity index is 1500. The zero-order chi connectivity index (χ0) is 26.6. The second-order valence-corrected chi connectivity index (χ2v) is 9.30. The van der Waals surface area contributed by atoms with E-state index in [9.17, 15) is 9.59 Å². The number of hydrazone groups is 1. The number of benzene rings is 3. The fourth-order valence-corrected chi connectivity index (χ4v) is 4.65. The zero-order valence-corrected chi connectivity index (χ0v) is 21.9. The van der Waals surface area contributed by atoms with E-state index in [0.717, 1.165) is 34.4 Å². The number of ether oxygens (including phenoxy) is 1. The number of aryl methyl sites for hydroxylation is 2. The predicted molar refractivity (Wildman–Crippen MR) is 148 cm³/mol. The Morgan fingerprint density at radius 3 is 2.34 bits per heavy atom. The van der Waals surface area contributed by atoms with Crippen molar-refractivity contribution in [1.29, 1.82) is 0 Å². The summed E-state index contributed by atoms with van der Waals surface area (Å²) in [6.45, 7) is 6.31. The molecule has 3 aromatic carbocycles. The lowest BCUT2D eigenvalue weighted by atomic mass is 9.90. The van der Waals surface area contributed by atoms with Crippen LogP contribution in [0.4, 0.5) is 5.95 Å². The molecular weight excluding hydrogens is 478 g/mol. The number of hydrogen-bond donors (Lipinski definition) is 0. The molecule has 2 heterocycles. The Hall–Kier alpha value is -4.46. The molecule has 8 nitrogen and oxygen atoms in total. The number of carbonyl (C=O) groups excluding carboxylic acids is 1. The van der Waals surface area contributed by atoms with Crippen molar-refractivity contribution in [1.82, 2.24) is 14.3 Å². The maximum Gasteiger partial charge on any atom is 0.352 e. The van der Waals surface area contributed by atoms with E-state index in [2.05, 4.69) is 55.3 Å². The standard InChI is InChI=1S/C30H31N5O3/c1-4-22-13-17-25(18-14-22)35-30(37)33(20-27(36)38-5-2)29(32-35)34-19-26(23-9-7-6-8-10-23)28(31-34)24-15-11-21(3)12-16-24/h6-18,26H,4-5,19-20H2,1-3H3/t26-/m0/s1. The summed E-state index contributed by atoms with van der Waals surface area (Å²) < 4.78 is 7.83. The van der Waals surface area contributed by atoms with Gasteiger partial charge < -0.3 is 4.74 Å². The quantitative estimate of drug-likeness (QED) is 0.327. The molecule has 0 aliphatic carbocycles. The van der Waals surface area contributed by atoms with Gasteiger partial charge in [0, 0.05) is 5.92 Å². The van der Waals surface area contributed by atoms with E-state index in [0.29, 0.717) is 18.2 Å². The Morgan fingerprint density at radius 2 is 1.68 bits per heavy atom. The summed E-state index contributed by atoms with van der Waals surface area (Å²) in [6, 6.07) is 26.1. The summed E-state index contributed by atoms with van der Waals surface area (Å²) in [4.78, 5) is 26.1. The number of anilines is 1. The Balaban J connectivity index is 1.61. The Morgan fingerprint density at radius 1 is 0.974 bits per heavy atom. The normalized spacial score (nSPS) is 15.0. The van der Waals surface area contributed by atoms with Crippen LogP contribution in [0.5, 0.6) is 0 Å². The van der Waals surface area contributed by atoms with Crippen molar-refractivity contribution in [3.05, 3.63) is 112 Å². The molecule has 0 bridgehead atoms. The highest BCUT2D eigenvalue weighted by Gasteiger charge is 2.33. The molecule has 4 aromatic rings. The van der Waals surface area contributed by atoms with E-state index < -0.39 is 11.7 Å². The van der Waals surface area contributed by atoms with Gasteiger partial charge in [-0.25, -0.2) is 14.4 Å². The molecular formula is C30H31N5O3. The van der Waals surface area contributed by atoms with E-state index in [-0.39, 0.29) is 19.1 Å². The van der Waals surface area contributed by atoms with Crippen molar-refractivity contribution >= 4 is 17.6 Å². The molecule has 1 aliphatic rings. The van der Waals surface area contributed by atoms with Crippen molar-refractivity contribution in [3.63, 3.8) is 0 Å². The van der Waals surface area contributed by atoms with Crippen molar-refractivity contribution in [2.75, 3.05) is 18.2 Å². The topological polar surface area (TPSA) is 81.7 Å². The van der Waals surface area contributed by atoms with Gasteiger partial charge >= 0.3 is 11.7 Å². The average molecular weight is 510 g/mol. The summed E-state index contributed by atoms with van der Waals surface area (Å²) in [5.41, 5.74) is 5.52. The molecule has 0 fully saturated rings. The second kappa shape index (κ2) is 10.9.